The van der Waals surface area contributed by atoms with Crippen LogP contribution in [0.5, 0.6) is 0 Å². The third-order valence-corrected chi connectivity index (χ3v) is 4.06. The maximum atomic E-state index is 5.97. The molecule has 0 radical (unpaired) electrons. The van der Waals surface area contributed by atoms with E-state index >= 15 is 0 Å². The summed E-state index contributed by atoms with van der Waals surface area (Å²) in [7, 11) is 2.24. The Labute approximate surface area is 95.2 Å². The quantitative estimate of drug-likeness (QED) is 0.758. The molecule has 0 aromatic rings. The van der Waals surface area contributed by atoms with Crippen LogP contribution in [0.4, 0.5) is 0 Å². The average Bonchev–Trinajstić information content (AvgIpc) is 2.00. The minimum absolute atomic E-state index is 0.319. The molecule has 0 heterocycles. The Balaban J connectivity index is 2.50. The van der Waals surface area contributed by atoms with E-state index in [0.29, 0.717) is 5.54 Å². The van der Waals surface area contributed by atoms with E-state index in [0.717, 1.165) is 24.3 Å². The van der Waals surface area contributed by atoms with Crippen LogP contribution in [0.2, 0.25) is 0 Å². The zero-order valence-electron chi connectivity index (χ0n) is 11.1. The van der Waals surface area contributed by atoms with Crippen molar-refractivity contribution in [1.29, 1.82) is 0 Å². The van der Waals surface area contributed by atoms with Crippen LogP contribution >= 0.6 is 0 Å². The summed E-state index contributed by atoms with van der Waals surface area (Å²) in [5.74, 6) is 2.44. The lowest BCUT2D eigenvalue weighted by Crippen LogP contribution is -2.61. The van der Waals surface area contributed by atoms with E-state index < -0.39 is 0 Å². The topological polar surface area (TPSA) is 29.3 Å². The van der Waals surface area contributed by atoms with Gasteiger partial charge in [0.2, 0.25) is 0 Å². The van der Waals surface area contributed by atoms with E-state index in [2.05, 4.69) is 39.6 Å². The first kappa shape index (κ1) is 13.0. The van der Waals surface area contributed by atoms with Gasteiger partial charge in [-0.05, 0) is 37.6 Å². The fourth-order valence-corrected chi connectivity index (χ4v) is 2.76. The minimum Gasteiger partial charge on any atom is -0.329 e. The van der Waals surface area contributed by atoms with Crippen molar-refractivity contribution < 1.29 is 0 Å². The van der Waals surface area contributed by atoms with E-state index in [-0.39, 0.29) is 0 Å². The molecule has 1 fully saturated rings. The van der Waals surface area contributed by atoms with Gasteiger partial charge in [-0.1, -0.05) is 27.7 Å². The fourth-order valence-electron chi connectivity index (χ4n) is 2.76. The molecule has 0 spiro atoms. The first-order valence-electron chi connectivity index (χ1n) is 6.32. The SMILES string of the molecule is CC(C)CN(C)C1(CN)CC(C(C)C)C1. The van der Waals surface area contributed by atoms with Gasteiger partial charge < -0.3 is 5.73 Å². The number of likely N-dealkylation sites (N-methyl/N-ethyl adjacent to an activating group) is 1. The van der Waals surface area contributed by atoms with E-state index in [4.69, 9.17) is 5.73 Å². The molecule has 0 atom stereocenters. The Morgan fingerprint density at radius 3 is 2.13 bits per heavy atom. The van der Waals surface area contributed by atoms with Crippen molar-refractivity contribution in [2.24, 2.45) is 23.5 Å². The summed E-state index contributed by atoms with van der Waals surface area (Å²) < 4.78 is 0. The minimum atomic E-state index is 0.319. The van der Waals surface area contributed by atoms with E-state index in [1.807, 2.05) is 0 Å². The van der Waals surface area contributed by atoms with E-state index in [1.54, 1.807) is 0 Å². The Hall–Kier alpha value is -0.0800. The Morgan fingerprint density at radius 1 is 1.27 bits per heavy atom. The predicted molar refractivity (Wildman–Crippen MR) is 66.8 cm³/mol. The molecule has 0 aromatic carbocycles. The molecule has 0 aromatic heterocycles. The summed E-state index contributed by atoms with van der Waals surface area (Å²) in [6, 6.07) is 0. The third-order valence-electron chi connectivity index (χ3n) is 4.06. The first-order chi connectivity index (χ1) is 6.91. The van der Waals surface area contributed by atoms with Crippen molar-refractivity contribution in [3.05, 3.63) is 0 Å². The number of rotatable bonds is 5. The zero-order chi connectivity index (χ0) is 11.6. The molecule has 1 rings (SSSR count). The molecule has 0 unspecified atom stereocenters. The number of nitrogens with two attached hydrogens (primary N) is 1. The maximum Gasteiger partial charge on any atom is 0.0334 e. The van der Waals surface area contributed by atoms with E-state index in [1.165, 1.54) is 19.4 Å². The van der Waals surface area contributed by atoms with Crippen LogP contribution in [0, 0.1) is 17.8 Å². The molecule has 2 heteroatoms. The normalized spacial score (nSPS) is 31.4. The molecule has 0 aliphatic heterocycles. The molecule has 0 bridgehead atoms. The largest absolute Gasteiger partial charge is 0.329 e. The van der Waals surface area contributed by atoms with Gasteiger partial charge in [-0.2, -0.15) is 0 Å². The number of hydrogen-bond acceptors (Lipinski definition) is 2. The molecule has 0 amide bonds. The van der Waals surface area contributed by atoms with Gasteiger partial charge in [-0.15, -0.1) is 0 Å². The number of nitrogens with zero attached hydrogens (tertiary/aromatic N) is 1. The highest BCUT2D eigenvalue weighted by molar-refractivity contribution is 5.03. The monoisotopic (exact) mass is 212 g/mol. The standard InChI is InChI=1S/C13H28N2/c1-10(2)8-15(5)13(9-14)6-12(7-13)11(3)4/h10-12H,6-9,14H2,1-5H3. The van der Waals surface area contributed by atoms with Crippen molar-refractivity contribution in [3.63, 3.8) is 0 Å². The lowest BCUT2D eigenvalue weighted by Gasteiger charge is -2.54. The van der Waals surface area contributed by atoms with Gasteiger partial charge in [-0.3, -0.25) is 4.90 Å². The van der Waals surface area contributed by atoms with Crippen LogP contribution in [0.3, 0.4) is 0 Å². The van der Waals surface area contributed by atoms with Gasteiger partial charge >= 0.3 is 0 Å². The molecular formula is C13H28N2. The smallest absolute Gasteiger partial charge is 0.0334 e. The molecule has 1 aliphatic rings. The summed E-state index contributed by atoms with van der Waals surface area (Å²) in [4.78, 5) is 2.50. The second-order valence-electron chi connectivity index (χ2n) is 6.12. The third kappa shape index (κ3) is 2.73. The van der Waals surface area contributed by atoms with Gasteiger partial charge in [0.05, 0.1) is 0 Å². The summed E-state index contributed by atoms with van der Waals surface area (Å²) in [5.41, 5.74) is 6.28. The summed E-state index contributed by atoms with van der Waals surface area (Å²) >= 11 is 0. The molecule has 2 N–H and O–H groups in total. The lowest BCUT2D eigenvalue weighted by molar-refractivity contribution is -0.0249. The fraction of sp³-hybridized carbons (Fsp3) is 1.00. The Bertz CT molecular complexity index is 193. The van der Waals surface area contributed by atoms with Crippen molar-refractivity contribution in [3.8, 4) is 0 Å². The van der Waals surface area contributed by atoms with Crippen LogP contribution < -0.4 is 5.73 Å². The van der Waals surface area contributed by atoms with Crippen LogP contribution in [-0.2, 0) is 0 Å². The van der Waals surface area contributed by atoms with Crippen LogP contribution in [-0.4, -0.2) is 30.6 Å². The van der Waals surface area contributed by atoms with Crippen molar-refractivity contribution in [2.75, 3.05) is 20.1 Å². The molecule has 90 valence electrons. The van der Waals surface area contributed by atoms with Crippen LogP contribution in [0.15, 0.2) is 0 Å². The number of hydrogen-bond donors (Lipinski definition) is 1. The van der Waals surface area contributed by atoms with Gasteiger partial charge in [-0.25, -0.2) is 0 Å². The molecule has 0 saturated heterocycles. The zero-order valence-corrected chi connectivity index (χ0v) is 11.1. The summed E-state index contributed by atoms with van der Waals surface area (Å²) in [6.07, 6.45) is 2.59. The molecule has 1 aliphatic carbocycles. The Morgan fingerprint density at radius 2 is 1.80 bits per heavy atom. The van der Waals surface area contributed by atoms with Gasteiger partial charge in [0.1, 0.15) is 0 Å². The molecule has 1 saturated carbocycles. The summed E-state index contributed by atoms with van der Waals surface area (Å²) in [5, 5.41) is 0. The highest BCUT2D eigenvalue weighted by Crippen LogP contribution is 2.45. The second kappa shape index (κ2) is 4.84. The summed E-state index contributed by atoms with van der Waals surface area (Å²) in [6.45, 7) is 11.2. The second-order valence-corrected chi connectivity index (χ2v) is 6.12. The first-order valence-corrected chi connectivity index (χ1v) is 6.32. The van der Waals surface area contributed by atoms with Crippen molar-refractivity contribution in [1.82, 2.24) is 4.90 Å². The maximum absolute atomic E-state index is 5.97. The highest BCUT2D eigenvalue weighted by Gasteiger charge is 2.46. The van der Waals surface area contributed by atoms with Crippen molar-refractivity contribution >= 4 is 0 Å². The van der Waals surface area contributed by atoms with Crippen LogP contribution in [0.25, 0.3) is 0 Å². The average molecular weight is 212 g/mol. The lowest BCUT2D eigenvalue weighted by atomic mass is 9.63. The van der Waals surface area contributed by atoms with Gasteiger partial charge in [0.25, 0.3) is 0 Å². The predicted octanol–water partition coefficient (Wildman–Crippen LogP) is 2.34. The van der Waals surface area contributed by atoms with Crippen molar-refractivity contribution in [2.45, 2.75) is 46.1 Å². The van der Waals surface area contributed by atoms with Crippen LogP contribution in [0.1, 0.15) is 40.5 Å². The van der Waals surface area contributed by atoms with E-state index in [9.17, 15) is 0 Å². The Kier molecular flexibility index (Phi) is 4.19. The van der Waals surface area contributed by atoms with Gasteiger partial charge in [0.15, 0.2) is 0 Å². The van der Waals surface area contributed by atoms with Gasteiger partial charge in [0, 0.05) is 18.6 Å². The molecule has 15 heavy (non-hydrogen) atoms. The highest BCUT2D eigenvalue weighted by atomic mass is 15.2. The molecule has 2 nitrogen and oxygen atoms in total. The molecular weight excluding hydrogens is 184 g/mol.